The molecule has 1 heterocycles. The molecule has 0 bridgehead atoms. The number of hydrogen-bond donors (Lipinski definition) is 1. The summed E-state index contributed by atoms with van der Waals surface area (Å²) < 4.78 is 0. The van der Waals surface area contributed by atoms with Gasteiger partial charge in [0.1, 0.15) is 0 Å². The molecule has 0 saturated carbocycles. The Bertz CT molecular complexity index is 567. The molecule has 2 aromatic rings. The third-order valence-corrected chi connectivity index (χ3v) is 5.29. The van der Waals surface area contributed by atoms with E-state index in [1.165, 1.54) is 5.56 Å². The Labute approximate surface area is 142 Å². The number of thioether (sulfide) groups is 1. The number of hydrogen-bond acceptors (Lipinski definition) is 3. The van der Waals surface area contributed by atoms with Gasteiger partial charge in [-0.2, -0.15) is 23.1 Å². The Morgan fingerprint density at radius 3 is 2.67 bits per heavy atom. The molecule has 0 spiro atoms. The molecule has 0 saturated heterocycles. The highest BCUT2D eigenvalue weighted by Gasteiger charge is 2.10. The fourth-order valence-electron chi connectivity index (χ4n) is 1.75. The van der Waals surface area contributed by atoms with Gasteiger partial charge in [0, 0.05) is 28.1 Å². The van der Waals surface area contributed by atoms with Crippen LogP contribution in [0.1, 0.15) is 11.1 Å². The number of benzene rings is 1. The molecule has 0 atom stereocenters. The second kappa shape index (κ2) is 8.69. The molecule has 2 nitrogen and oxygen atoms in total. The fraction of sp³-hybridized carbons (Fsp3) is 0.267. The lowest BCUT2D eigenvalue weighted by molar-refractivity contribution is -0.120. The van der Waals surface area contributed by atoms with Crippen molar-refractivity contribution < 1.29 is 4.79 Å². The summed E-state index contributed by atoms with van der Waals surface area (Å²) in [6.07, 6.45) is 0.216. The van der Waals surface area contributed by atoms with Gasteiger partial charge in [-0.1, -0.05) is 29.3 Å². The number of halogens is 2. The summed E-state index contributed by atoms with van der Waals surface area (Å²) in [6, 6.07) is 7.38. The molecule has 0 radical (unpaired) electrons. The molecule has 1 aromatic heterocycles. The van der Waals surface area contributed by atoms with Gasteiger partial charge in [0.2, 0.25) is 5.91 Å². The number of carbonyl (C=O) groups is 1. The molecular weight excluding hydrogens is 345 g/mol. The lowest BCUT2D eigenvalue weighted by Gasteiger charge is -2.08. The van der Waals surface area contributed by atoms with Crippen LogP contribution in [0, 0.1) is 0 Å². The summed E-state index contributed by atoms with van der Waals surface area (Å²) in [5, 5.41) is 8.17. The van der Waals surface area contributed by atoms with Crippen molar-refractivity contribution in [2.45, 2.75) is 12.2 Å². The van der Waals surface area contributed by atoms with Crippen molar-refractivity contribution in [1.82, 2.24) is 5.32 Å². The lowest BCUT2D eigenvalue weighted by atomic mass is 10.1. The summed E-state index contributed by atoms with van der Waals surface area (Å²) in [5.74, 6) is 1.81. The van der Waals surface area contributed by atoms with E-state index in [9.17, 15) is 4.79 Å². The first-order chi connectivity index (χ1) is 10.2. The van der Waals surface area contributed by atoms with Crippen LogP contribution in [0.4, 0.5) is 0 Å². The molecule has 1 N–H and O–H groups in total. The Morgan fingerprint density at radius 2 is 2.00 bits per heavy atom. The molecule has 112 valence electrons. The average Bonchev–Trinajstić information content (AvgIpc) is 2.96. The molecule has 0 fully saturated rings. The van der Waals surface area contributed by atoms with Crippen LogP contribution >= 0.6 is 46.3 Å². The van der Waals surface area contributed by atoms with Gasteiger partial charge in [0.25, 0.3) is 0 Å². The molecular formula is C15H15Cl2NOS2. The largest absolute Gasteiger partial charge is 0.355 e. The van der Waals surface area contributed by atoms with Gasteiger partial charge in [-0.25, -0.2) is 0 Å². The second-order valence-corrected chi connectivity index (χ2v) is 7.11. The van der Waals surface area contributed by atoms with E-state index in [1.807, 2.05) is 0 Å². The molecule has 0 aliphatic carbocycles. The van der Waals surface area contributed by atoms with Crippen molar-refractivity contribution in [2.24, 2.45) is 0 Å². The van der Waals surface area contributed by atoms with Gasteiger partial charge < -0.3 is 5.32 Å². The average molecular weight is 360 g/mol. The van der Waals surface area contributed by atoms with Crippen molar-refractivity contribution in [3.05, 3.63) is 56.2 Å². The molecule has 1 amide bonds. The van der Waals surface area contributed by atoms with Gasteiger partial charge in [-0.3, -0.25) is 4.79 Å². The van der Waals surface area contributed by atoms with Crippen LogP contribution in [-0.4, -0.2) is 18.2 Å². The fourth-order valence-corrected chi connectivity index (χ4v) is 3.86. The summed E-state index contributed by atoms with van der Waals surface area (Å²) in [6.45, 7) is 0.649. The third kappa shape index (κ3) is 5.55. The van der Waals surface area contributed by atoms with Crippen LogP contribution in [0.25, 0.3) is 0 Å². The SMILES string of the molecule is O=C(Cc1c(Cl)cccc1Cl)NCCSCc1ccsc1. The highest BCUT2D eigenvalue weighted by Crippen LogP contribution is 2.24. The Morgan fingerprint density at radius 1 is 1.24 bits per heavy atom. The van der Waals surface area contributed by atoms with Gasteiger partial charge in [0.15, 0.2) is 0 Å². The summed E-state index contributed by atoms with van der Waals surface area (Å²) in [4.78, 5) is 11.9. The predicted octanol–water partition coefficient (Wildman–Crippen LogP) is 4.65. The Hall–Kier alpha value is -0.680. The molecule has 1 aromatic carbocycles. The van der Waals surface area contributed by atoms with E-state index in [1.54, 1.807) is 41.3 Å². The van der Waals surface area contributed by atoms with E-state index in [0.717, 1.165) is 11.5 Å². The van der Waals surface area contributed by atoms with E-state index in [-0.39, 0.29) is 12.3 Å². The molecule has 0 aliphatic rings. The number of carbonyl (C=O) groups excluding carboxylic acids is 1. The van der Waals surface area contributed by atoms with Gasteiger partial charge >= 0.3 is 0 Å². The number of thiophene rings is 1. The minimum atomic E-state index is -0.0545. The van der Waals surface area contributed by atoms with E-state index >= 15 is 0 Å². The maximum absolute atomic E-state index is 11.9. The van der Waals surface area contributed by atoms with Crippen LogP contribution in [0.2, 0.25) is 10.0 Å². The minimum Gasteiger partial charge on any atom is -0.355 e. The zero-order chi connectivity index (χ0) is 15.1. The first-order valence-corrected chi connectivity index (χ1v) is 9.30. The van der Waals surface area contributed by atoms with Crippen LogP contribution < -0.4 is 5.32 Å². The highest BCUT2D eigenvalue weighted by molar-refractivity contribution is 7.98. The van der Waals surface area contributed by atoms with Crippen molar-refractivity contribution in [3.63, 3.8) is 0 Å². The number of amides is 1. The van der Waals surface area contributed by atoms with E-state index < -0.39 is 0 Å². The van der Waals surface area contributed by atoms with Crippen LogP contribution in [0.3, 0.4) is 0 Å². The normalized spacial score (nSPS) is 10.6. The Kier molecular flexibility index (Phi) is 6.90. The minimum absolute atomic E-state index is 0.0545. The summed E-state index contributed by atoms with van der Waals surface area (Å²) >= 11 is 15.6. The zero-order valence-electron chi connectivity index (χ0n) is 11.3. The molecule has 21 heavy (non-hydrogen) atoms. The predicted molar refractivity (Wildman–Crippen MR) is 93.7 cm³/mol. The van der Waals surface area contributed by atoms with Crippen LogP contribution in [-0.2, 0) is 17.0 Å². The van der Waals surface area contributed by atoms with Crippen molar-refractivity contribution in [1.29, 1.82) is 0 Å². The monoisotopic (exact) mass is 359 g/mol. The van der Waals surface area contributed by atoms with E-state index in [4.69, 9.17) is 23.2 Å². The highest BCUT2D eigenvalue weighted by atomic mass is 35.5. The van der Waals surface area contributed by atoms with Crippen molar-refractivity contribution in [3.8, 4) is 0 Å². The van der Waals surface area contributed by atoms with E-state index in [2.05, 4.69) is 22.1 Å². The second-order valence-electron chi connectivity index (χ2n) is 4.41. The van der Waals surface area contributed by atoms with Crippen LogP contribution in [0.15, 0.2) is 35.0 Å². The molecule has 2 rings (SSSR count). The topological polar surface area (TPSA) is 29.1 Å². The summed E-state index contributed by atoms with van der Waals surface area (Å²) in [5.41, 5.74) is 2.02. The van der Waals surface area contributed by atoms with Crippen molar-refractivity contribution in [2.75, 3.05) is 12.3 Å². The number of nitrogens with one attached hydrogen (secondary N) is 1. The Balaban J connectivity index is 1.68. The molecule has 0 unspecified atom stereocenters. The molecule has 0 aliphatic heterocycles. The summed E-state index contributed by atoms with van der Waals surface area (Å²) in [7, 11) is 0. The lowest BCUT2D eigenvalue weighted by Crippen LogP contribution is -2.27. The van der Waals surface area contributed by atoms with Gasteiger partial charge in [0.05, 0.1) is 6.42 Å². The standard InChI is InChI=1S/C15H15Cl2NOS2/c16-13-2-1-3-14(17)12(13)8-15(19)18-5-7-21-10-11-4-6-20-9-11/h1-4,6,9H,5,7-8,10H2,(H,18,19). The first kappa shape index (κ1) is 16.7. The molecule has 6 heteroatoms. The third-order valence-electron chi connectivity index (χ3n) is 2.82. The zero-order valence-corrected chi connectivity index (χ0v) is 14.4. The van der Waals surface area contributed by atoms with Crippen LogP contribution in [0.5, 0.6) is 0 Å². The van der Waals surface area contributed by atoms with Gasteiger partial charge in [-0.15, -0.1) is 0 Å². The quantitative estimate of drug-likeness (QED) is 0.729. The maximum Gasteiger partial charge on any atom is 0.224 e. The van der Waals surface area contributed by atoms with Crippen molar-refractivity contribution >= 4 is 52.2 Å². The smallest absolute Gasteiger partial charge is 0.224 e. The first-order valence-electron chi connectivity index (χ1n) is 6.45. The van der Waals surface area contributed by atoms with Gasteiger partial charge in [-0.05, 0) is 40.1 Å². The maximum atomic E-state index is 11.9. The van der Waals surface area contributed by atoms with E-state index in [0.29, 0.717) is 22.2 Å². The number of rotatable bonds is 7.